The first kappa shape index (κ1) is 16.9. The van der Waals surface area contributed by atoms with Gasteiger partial charge in [-0.3, -0.25) is 9.69 Å². The molecule has 128 valence electrons. The number of nitrogens with one attached hydrogen (secondary N) is 1. The molecule has 0 saturated carbocycles. The molecule has 0 atom stereocenters. The fourth-order valence-corrected chi connectivity index (χ4v) is 2.53. The van der Waals surface area contributed by atoms with Crippen LogP contribution in [0.2, 0.25) is 0 Å². The molecular formula is C18H18N4O3. The summed E-state index contributed by atoms with van der Waals surface area (Å²) < 4.78 is 10.9. The van der Waals surface area contributed by atoms with E-state index in [0.717, 1.165) is 18.7 Å². The number of amides is 1. The number of hydrogen-bond donors (Lipinski definition) is 1. The molecule has 0 bridgehead atoms. The van der Waals surface area contributed by atoms with Gasteiger partial charge in [0, 0.05) is 18.7 Å². The number of hydrogen-bond acceptors (Lipinski definition) is 6. The van der Waals surface area contributed by atoms with E-state index < -0.39 is 0 Å². The lowest BCUT2D eigenvalue weighted by Gasteiger charge is -2.25. The van der Waals surface area contributed by atoms with Crippen molar-refractivity contribution in [2.24, 2.45) is 5.10 Å². The van der Waals surface area contributed by atoms with Gasteiger partial charge in [-0.2, -0.15) is 10.4 Å². The van der Waals surface area contributed by atoms with Crippen LogP contribution >= 0.6 is 0 Å². The molecule has 25 heavy (non-hydrogen) atoms. The Morgan fingerprint density at radius 3 is 2.88 bits per heavy atom. The summed E-state index contributed by atoms with van der Waals surface area (Å²) in [5.41, 5.74) is 3.75. The molecule has 1 aliphatic rings. The maximum Gasteiger partial charge on any atom is 0.254 e. The average molecular weight is 338 g/mol. The lowest BCUT2D eigenvalue weighted by atomic mass is 10.1. The maximum absolute atomic E-state index is 11.8. The minimum absolute atomic E-state index is 0.181. The fraction of sp³-hybridized carbons (Fsp3) is 0.278. The van der Waals surface area contributed by atoms with Gasteiger partial charge < -0.3 is 9.15 Å². The van der Waals surface area contributed by atoms with E-state index in [4.69, 9.17) is 14.4 Å². The largest absolute Gasteiger partial charge is 0.455 e. The predicted octanol–water partition coefficient (Wildman–Crippen LogP) is 1.60. The molecule has 2 aromatic rings. The van der Waals surface area contributed by atoms with E-state index in [-0.39, 0.29) is 5.91 Å². The van der Waals surface area contributed by atoms with Crippen molar-refractivity contribution < 1.29 is 13.9 Å². The van der Waals surface area contributed by atoms with Crippen molar-refractivity contribution in [3.8, 4) is 17.4 Å². The Morgan fingerprint density at radius 1 is 1.28 bits per heavy atom. The van der Waals surface area contributed by atoms with Crippen molar-refractivity contribution in [2.75, 3.05) is 32.8 Å². The summed E-state index contributed by atoms with van der Waals surface area (Å²) in [6, 6.07) is 12.8. The van der Waals surface area contributed by atoms with Crippen molar-refractivity contribution in [3.63, 3.8) is 0 Å². The Balaban J connectivity index is 1.57. The third kappa shape index (κ3) is 4.53. The summed E-state index contributed by atoms with van der Waals surface area (Å²) in [6.45, 7) is 3.08. The van der Waals surface area contributed by atoms with Crippen LogP contribution < -0.4 is 5.43 Å². The Labute approximate surface area is 145 Å². The van der Waals surface area contributed by atoms with Crippen molar-refractivity contribution >= 4 is 12.1 Å². The first-order valence-electron chi connectivity index (χ1n) is 7.97. The number of rotatable bonds is 5. The predicted molar refractivity (Wildman–Crippen MR) is 91.9 cm³/mol. The zero-order valence-electron chi connectivity index (χ0n) is 13.6. The van der Waals surface area contributed by atoms with Gasteiger partial charge >= 0.3 is 0 Å². The van der Waals surface area contributed by atoms with E-state index in [0.29, 0.717) is 36.8 Å². The molecule has 3 rings (SSSR count). The molecule has 7 heteroatoms. The lowest BCUT2D eigenvalue weighted by molar-refractivity contribution is -0.123. The number of ether oxygens (including phenoxy) is 1. The second kappa shape index (κ2) is 8.24. The summed E-state index contributed by atoms with van der Waals surface area (Å²) in [4.78, 5) is 13.8. The minimum Gasteiger partial charge on any atom is -0.455 e. The number of carbonyl (C=O) groups excluding carboxylic acids is 1. The molecule has 1 N–H and O–H groups in total. The lowest BCUT2D eigenvalue weighted by Crippen LogP contribution is -2.42. The minimum atomic E-state index is -0.181. The summed E-state index contributed by atoms with van der Waals surface area (Å²) >= 11 is 0. The summed E-state index contributed by atoms with van der Waals surface area (Å²) in [6.07, 6.45) is 1.44. The third-order valence-corrected chi connectivity index (χ3v) is 3.79. The van der Waals surface area contributed by atoms with Gasteiger partial charge in [0.2, 0.25) is 0 Å². The van der Waals surface area contributed by atoms with Crippen LogP contribution in [0.15, 0.2) is 45.9 Å². The molecular weight excluding hydrogens is 320 g/mol. The fourth-order valence-electron chi connectivity index (χ4n) is 2.53. The van der Waals surface area contributed by atoms with E-state index in [2.05, 4.69) is 16.6 Å². The number of nitrogens with zero attached hydrogens (tertiary/aromatic N) is 3. The molecule has 1 fully saturated rings. The van der Waals surface area contributed by atoms with Crippen LogP contribution in [0.1, 0.15) is 11.3 Å². The molecule has 1 aromatic heterocycles. The van der Waals surface area contributed by atoms with Crippen LogP contribution in [0.4, 0.5) is 0 Å². The van der Waals surface area contributed by atoms with Gasteiger partial charge in [-0.1, -0.05) is 12.1 Å². The third-order valence-electron chi connectivity index (χ3n) is 3.79. The highest BCUT2D eigenvalue weighted by molar-refractivity contribution is 5.82. The molecule has 1 saturated heterocycles. The van der Waals surface area contributed by atoms with Gasteiger partial charge in [0.25, 0.3) is 5.91 Å². The second-order valence-electron chi connectivity index (χ2n) is 5.54. The molecule has 2 heterocycles. The normalized spacial score (nSPS) is 15.2. The standard InChI is InChI=1S/C18H18N4O3/c19-11-14-3-1-2-4-16(14)17-6-5-15(25-17)12-20-21-18(23)13-22-7-9-24-10-8-22/h1-6,12H,7-10,13H2,(H,21,23)/b20-12-. The summed E-state index contributed by atoms with van der Waals surface area (Å²) in [7, 11) is 0. The highest BCUT2D eigenvalue weighted by atomic mass is 16.5. The Hall–Kier alpha value is -2.95. The van der Waals surface area contributed by atoms with Crippen LogP contribution in [-0.2, 0) is 9.53 Å². The summed E-state index contributed by atoms with van der Waals surface area (Å²) in [5, 5.41) is 13.1. The van der Waals surface area contributed by atoms with E-state index in [1.807, 2.05) is 17.0 Å². The quantitative estimate of drug-likeness (QED) is 0.660. The van der Waals surface area contributed by atoms with Crippen LogP contribution in [0.3, 0.4) is 0 Å². The zero-order chi connectivity index (χ0) is 17.5. The zero-order valence-corrected chi connectivity index (χ0v) is 13.6. The highest BCUT2D eigenvalue weighted by Crippen LogP contribution is 2.24. The van der Waals surface area contributed by atoms with Gasteiger partial charge in [-0.15, -0.1) is 0 Å². The maximum atomic E-state index is 11.8. The van der Waals surface area contributed by atoms with E-state index >= 15 is 0 Å². The number of furan rings is 1. The van der Waals surface area contributed by atoms with Crippen LogP contribution in [0, 0.1) is 11.3 Å². The van der Waals surface area contributed by atoms with Gasteiger partial charge in [-0.25, -0.2) is 5.43 Å². The first-order valence-corrected chi connectivity index (χ1v) is 7.97. The van der Waals surface area contributed by atoms with Crippen molar-refractivity contribution in [2.45, 2.75) is 0 Å². The molecule has 0 aliphatic carbocycles. The first-order chi connectivity index (χ1) is 12.3. The van der Waals surface area contributed by atoms with Crippen molar-refractivity contribution in [3.05, 3.63) is 47.7 Å². The van der Waals surface area contributed by atoms with E-state index in [1.54, 1.807) is 24.3 Å². The Morgan fingerprint density at radius 2 is 2.08 bits per heavy atom. The van der Waals surface area contributed by atoms with Gasteiger partial charge in [0.15, 0.2) is 0 Å². The number of hydrazone groups is 1. The van der Waals surface area contributed by atoms with Crippen LogP contribution in [0.25, 0.3) is 11.3 Å². The van der Waals surface area contributed by atoms with Crippen molar-refractivity contribution in [1.29, 1.82) is 5.26 Å². The summed E-state index contributed by atoms with van der Waals surface area (Å²) in [5.74, 6) is 0.896. The molecule has 0 spiro atoms. The molecule has 0 unspecified atom stereocenters. The second-order valence-corrected chi connectivity index (χ2v) is 5.54. The molecule has 1 amide bonds. The van der Waals surface area contributed by atoms with E-state index in [1.165, 1.54) is 6.21 Å². The molecule has 0 radical (unpaired) electrons. The SMILES string of the molecule is N#Cc1ccccc1-c1ccc(/C=N\NC(=O)CN2CCOCC2)o1. The van der Waals surface area contributed by atoms with Gasteiger partial charge in [0.05, 0.1) is 37.6 Å². The smallest absolute Gasteiger partial charge is 0.254 e. The number of benzene rings is 1. The molecule has 7 nitrogen and oxygen atoms in total. The topological polar surface area (TPSA) is 90.9 Å². The molecule has 1 aromatic carbocycles. The molecule has 1 aliphatic heterocycles. The monoisotopic (exact) mass is 338 g/mol. The van der Waals surface area contributed by atoms with Gasteiger partial charge in [-0.05, 0) is 24.3 Å². The van der Waals surface area contributed by atoms with Gasteiger partial charge in [0.1, 0.15) is 11.5 Å². The number of nitriles is 1. The van der Waals surface area contributed by atoms with Crippen LogP contribution in [0.5, 0.6) is 0 Å². The Kier molecular flexibility index (Phi) is 5.57. The number of carbonyl (C=O) groups is 1. The number of morpholine rings is 1. The van der Waals surface area contributed by atoms with E-state index in [9.17, 15) is 4.79 Å². The van der Waals surface area contributed by atoms with Crippen LogP contribution in [-0.4, -0.2) is 49.9 Å². The van der Waals surface area contributed by atoms with Crippen molar-refractivity contribution in [1.82, 2.24) is 10.3 Å². The average Bonchev–Trinajstić information content (AvgIpc) is 3.11. The Bertz CT molecular complexity index is 801. The highest BCUT2D eigenvalue weighted by Gasteiger charge is 2.13.